The van der Waals surface area contributed by atoms with Crippen LogP contribution in [0.25, 0.3) is 0 Å². The highest BCUT2D eigenvalue weighted by Gasteiger charge is 2.15. The number of ketones is 1. The first-order valence-corrected chi connectivity index (χ1v) is 6.29. The first-order chi connectivity index (χ1) is 8.74. The molecule has 0 radical (unpaired) electrons. The van der Waals surface area contributed by atoms with Gasteiger partial charge in [0, 0.05) is 32.5 Å². The van der Waals surface area contributed by atoms with Gasteiger partial charge in [0.15, 0.2) is 5.78 Å². The lowest BCUT2D eigenvalue weighted by Gasteiger charge is -2.17. The van der Waals surface area contributed by atoms with E-state index in [2.05, 4.69) is 5.32 Å². The van der Waals surface area contributed by atoms with Crippen molar-refractivity contribution in [3.63, 3.8) is 0 Å². The van der Waals surface area contributed by atoms with Crippen LogP contribution in [0.3, 0.4) is 0 Å². The van der Waals surface area contributed by atoms with Crippen LogP contribution < -0.4 is 5.32 Å². The van der Waals surface area contributed by atoms with Gasteiger partial charge in [-0.25, -0.2) is 0 Å². The third-order valence-corrected chi connectivity index (χ3v) is 3.05. The minimum atomic E-state index is 0.0769. The molecule has 1 aromatic rings. The molecule has 0 bridgehead atoms. The van der Waals surface area contributed by atoms with Gasteiger partial charge < -0.3 is 5.32 Å². The fourth-order valence-electron chi connectivity index (χ4n) is 2.10. The highest BCUT2D eigenvalue weighted by molar-refractivity contribution is 5.83. The second kappa shape index (κ2) is 6.31. The Labute approximate surface area is 107 Å². The summed E-state index contributed by atoms with van der Waals surface area (Å²) in [6, 6.07) is 9.76. The van der Waals surface area contributed by atoms with E-state index >= 15 is 0 Å². The van der Waals surface area contributed by atoms with Crippen LogP contribution in [0.15, 0.2) is 30.3 Å². The number of amides is 1. The Balaban J connectivity index is 1.82. The van der Waals surface area contributed by atoms with Crippen molar-refractivity contribution in [2.75, 3.05) is 26.2 Å². The quantitative estimate of drug-likeness (QED) is 0.847. The molecule has 0 aromatic heterocycles. The van der Waals surface area contributed by atoms with Crippen molar-refractivity contribution in [1.29, 1.82) is 0 Å². The third kappa shape index (κ3) is 3.96. The molecule has 18 heavy (non-hydrogen) atoms. The van der Waals surface area contributed by atoms with Crippen molar-refractivity contribution in [3.05, 3.63) is 35.9 Å². The van der Waals surface area contributed by atoms with E-state index < -0.39 is 0 Å². The predicted octanol–water partition coefficient (Wildman–Crippen LogP) is 0.620. The topological polar surface area (TPSA) is 49.4 Å². The Bertz CT molecular complexity index is 417. The smallest absolute Gasteiger partial charge is 0.221 e. The zero-order valence-corrected chi connectivity index (χ0v) is 10.4. The van der Waals surface area contributed by atoms with E-state index in [1.165, 1.54) is 0 Å². The summed E-state index contributed by atoms with van der Waals surface area (Å²) in [4.78, 5) is 25.2. The number of rotatable bonds is 4. The maximum Gasteiger partial charge on any atom is 0.221 e. The van der Waals surface area contributed by atoms with E-state index in [1.807, 2.05) is 35.2 Å². The highest BCUT2D eigenvalue weighted by atomic mass is 16.1. The zero-order chi connectivity index (χ0) is 12.8. The molecular weight excluding hydrogens is 228 g/mol. The lowest BCUT2D eigenvalue weighted by atomic mass is 10.1. The van der Waals surface area contributed by atoms with E-state index in [0.29, 0.717) is 32.5 Å². The van der Waals surface area contributed by atoms with E-state index in [4.69, 9.17) is 0 Å². The van der Waals surface area contributed by atoms with Gasteiger partial charge in [0.05, 0.1) is 6.54 Å². The molecule has 1 fully saturated rings. The number of carbonyl (C=O) groups is 2. The Morgan fingerprint density at radius 1 is 1.22 bits per heavy atom. The van der Waals surface area contributed by atoms with Gasteiger partial charge in [-0.15, -0.1) is 0 Å². The first kappa shape index (κ1) is 12.8. The van der Waals surface area contributed by atoms with Gasteiger partial charge >= 0.3 is 0 Å². The molecule has 96 valence electrons. The van der Waals surface area contributed by atoms with Crippen LogP contribution in [0, 0.1) is 0 Å². The molecule has 1 aliphatic heterocycles. The molecule has 4 heteroatoms. The molecule has 0 spiro atoms. The van der Waals surface area contributed by atoms with Gasteiger partial charge in [-0.05, 0) is 5.56 Å². The molecule has 0 saturated carbocycles. The van der Waals surface area contributed by atoms with E-state index in [-0.39, 0.29) is 11.7 Å². The second-order valence-electron chi connectivity index (χ2n) is 4.58. The number of nitrogens with zero attached hydrogens (tertiary/aromatic N) is 1. The van der Waals surface area contributed by atoms with Gasteiger partial charge in [0.2, 0.25) is 5.91 Å². The van der Waals surface area contributed by atoms with Crippen LogP contribution in [-0.2, 0) is 16.0 Å². The number of benzene rings is 1. The summed E-state index contributed by atoms with van der Waals surface area (Å²) in [7, 11) is 0. The van der Waals surface area contributed by atoms with Gasteiger partial charge in [0.25, 0.3) is 0 Å². The molecule has 0 unspecified atom stereocenters. The van der Waals surface area contributed by atoms with E-state index in [0.717, 1.165) is 12.1 Å². The standard InChI is InChI=1S/C14H18N2O2/c17-13(10-12-4-2-1-3-5-12)11-16-8-6-14(18)15-7-9-16/h1-5H,6-11H2,(H,15,18). The summed E-state index contributed by atoms with van der Waals surface area (Å²) >= 11 is 0. The maximum atomic E-state index is 11.9. The maximum absolute atomic E-state index is 11.9. The fraction of sp³-hybridized carbons (Fsp3) is 0.429. The van der Waals surface area contributed by atoms with Crippen molar-refractivity contribution in [3.8, 4) is 0 Å². The average molecular weight is 246 g/mol. The van der Waals surface area contributed by atoms with Gasteiger partial charge in [-0.3, -0.25) is 14.5 Å². The van der Waals surface area contributed by atoms with Crippen LogP contribution in [0.4, 0.5) is 0 Å². The summed E-state index contributed by atoms with van der Waals surface area (Å²) in [6.45, 7) is 2.50. The molecule has 2 rings (SSSR count). The Hall–Kier alpha value is -1.68. The molecule has 1 amide bonds. The van der Waals surface area contributed by atoms with Crippen molar-refractivity contribution in [2.24, 2.45) is 0 Å². The Morgan fingerprint density at radius 2 is 2.00 bits per heavy atom. The molecule has 1 aliphatic rings. The number of hydrogen-bond donors (Lipinski definition) is 1. The fourth-order valence-corrected chi connectivity index (χ4v) is 2.10. The first-order valence-electron chi connectivity index (χ1n) is 6.29. The zero-order valence-electron chi connectivity index (χ0n) is 10.4. The summed E-state index contributed by atoms with van der Waals surface area (Å²) in [5, 5.41) is 2.81. The summed E-state index contributed by atoms with van der Waals surface area (Å²) in [5.74, 6) is 0.281. The number of Topliss-reactive ketones (excluding diaryl/α,β-unsaturated/α-hetero) is 1. The Morgan fingerprint density at radius 3 is 2.78 bits per heavy atom. The van der Waals surface area contributed by atoms with Crippen LogP contribution in [0.2, 0.25) is 0 Å². The number of carbonyl (C=O) groups excluding carboxylic acids is 2. The van der Waals surface area contributed by atoms with E-state index in [1.54, 1.807) is 0 Å². The van der Waals surface area contributed by atoms with Crippen LogP contribution >= 0.6 is 0 Å². The molecule has 1 heterocycles. The number of nitrogens with one attached hydrogen (secondary N) is 1. The average Bonchev–Trinajstić information content (AvgIpc) is 2.56. The summed E-state index contributed by atoms with van der Waals surface area (Å²) in [6.07, 6.45) is 0.956. The van der Waals surface area contributed by atoms with Gasteiger partial charge in [-0.1, -0.05) is 30.3 Å². The second-order valence-corrected chi connectivity index (χ2v) is 4.58. The summed E-state index contributed by atoms with van der Waals surface area (Å²) in [5.41, 5.74) is 1.05. The molecular formula is C14H18N2O2. The molecule has 0 atom stereocenters. The largest absolute Gasteiger partial charge is 0.355 e. The highest BCUT2D eigenvalue weighted by Crippen LogP contribution is 2.02. The normalized spacial score (nSPS) is 17.0. The van der Waals surface area contributed by atoms with Crippen molar-refractivity contribution >= 4 is 11.7 Å². The lowest BCUT2D eigenvalue weighted by Crippen LogP contribution is -2.33. The van der Waals surface area contributed by atoms with Gasteiger partial charge in [-0.2, -0.15) is 0 Å². The molecule has 4 nitrogen and oxygen atoms in total. The molecule has 1 saturated heterocycles. The molecule has 0 aliphatic carbocycles. The van der Waals surface area contributed by atoms with E-state index in [9.17, 15) is 9.59 Å². The minimum absolute atomic E-state index is 0.0769. The Kier molecular flexibility index (Phi) is 4.47. The van der Waals surface area contributed by atoms with Crippen molar-refractivity contribution in [2.45, 2.75) is 12.8 Å². The molecule has 1 aromatic carbocycles. The number of hydrogen-bond acceptors (Lipinski definition) is 3. The van der Waals surface area contributed by atoms with Gasteiger partial charge in [0.1, 0.15) is 0 Å². The lowest BCUT2D eigenvalue weighted by molar-refractivity contribution is -0.121. The predicted molar refractivity (Wildman–Crippen MR) is 69.2 cm³/mol. The minimum Gasteiger partial charge on any atom is -0.355 e. The summed E-state index contributed by atoms with van der Waals surface area (Å²) < 4.78 is 0. The van der Waals surface area contributed by atoms with Crippen LogP contribution in [0.5, 0.6) is 0 Å². The van der Waals surface area contributed by atoms with Crippen LogP contribution in [0.1, 0.15) is 12.0 Å². The monoisotopic (exact) mass is 246 g/mol. The SMILES string of the molecule is O=C(Cc1ccccc1)CN1CCNC(=O)CC1. The van der Waals surface area contributed by atoms with Crippen LogP contribution in [-0.4, -0.2) is 42.8 Å². The van der Waals surface area contributed by atoms with Crippen molar-refractivity contribution in [1.82, 2.24) is 10.2 Å². The third-order valence-electron chi connectivity index (χ3n) is 3.05. The molecule has 1 N–H and O–H groups in total. The van der Waals surface area contributed by atoms with Crippen molar-refractivity contribution < 1.29 is 9.59 Å².